The van der Waals surface area contributed by atoms with Crippen LogP contribution in [0.4, 0.5) is 10.1 Å². The Morgan fingerprint density at radius 3 is 2.23 bits per heavy atom. The molecule has 2 aromatic carbocycles. The van der Waals surface area contributed by atoms with Gasteiger partial charge in [0, 0.05) is 38.7 Å². The maximum atomic E-state index is 13.1. The highest BCUT2D eigenvalue weighted by Gasteiger charge is 2.37. The number of carbonyl (C=O) groups excluding carboxylic acids is 2. The van der Waals surface area contributed by atoms with Crippen molar-refractivity contribution in [1.82, 2.24) is 4.90 Å². The van der Waals surface area contributed by atoms with E-state index in [1.54, 1.807) is 41.1 Å². The number of anilines is 1. The highest BCUT2D eigenvalue weighted by atomic mass is 19.1. The van der Waals surface area contributed by atoms with Crippen molar-refractivity contribution in [3.63, 3.8) is 0 Å². The van der Waals surface area contributed by atoms with Gasteiger partial charge in [-0.2, -0.15) is 0 Å². The zero-order valence-electron chi connectivity index (χ0n) is 17.5. The summed E-state index contributed by atoms with van der Waals surface area (Å²) in [5, 5.41) is 0. The van der Waals surface area contributed by atoms with Gasteiger partial charge in [-0.1, -0.05) is 12.1 Å². The zero-order chi connectivity index (χ0) is 21.8. The lowest BCUT2D eigenvalue weighted by molar-refractivity contribution is -0.135. The smallest absolute Gasteiger partial charge is 0.228 e. The van der Waals surface area contributed by atoms with E-state index in [0.717, 1.165) is 5.56 Å². The van der Waals surface area contributed by atoms with Crippen LogP contribution in [0.15, 0.2) is 36.4 Å². The average Bonchev–Trinajstić information content (AvgIpc) is 3.15. The number of halogens is 1. The lowest BCUT2D eigenvalue weighted by Crippen LogP contribution is -2.34. The monoisotopic (exact) mass is 416 g/mol. The zero-order valence-corrected chi connectivity index (χ0v) is 17.5. The summed E-state index contributed by atoms with van der Waals surface area (Å²) < 4.78 is 29.1. The van der Waals surface area contributed by atoms with Gasteiger partial charge < -0.3 is 24.0 Å². The minimum atomic E-state index is -0.470. The van der Waals surface area contributed by atoms with Gasteiger partial charge in [0.1, 0.15) is 5.82 Å². The van der Waals surface area contributed by atoms with Gasteiger partial charge in [-0.15, -0.1) is 0 Å². The third-order valence-electron chi connectivity index (χ3n) is 5.14. The first kappa shape index (κ1) is 21.4. The van der Waals surface area contributed by atoms with Crippen molar-refractivity contribution in [1.29, 1.82) is 0 Å². The molecule has 3 rings (SSSR count). The van der Waals surface area contributed by atoms with Gasteiger partial charge in [0.25, 0.3) is 0 Å². The van der Waals surface area contributed by atoms with Crippen molar-refractivity contribution < 1.29 is 28.2 Å². The first-order valence-corrected chi connectivity index (χ1v) is 9.47. The third kappa shape index (κ3) is 4.32. The molecule has 8 heteroatoms. The van der Waals surface area contributed by atoms with E-state index < -0.39 is 5.92 Å². The van der Waals surface area contributed by atoms with Crippen LogP contribution in [0.3, 0.4) is 0 Å². The number of hydrogen-bond donors (Lipinski definition) is 0. The van der Waals surface area contributed by atoms with Gasteiger partial charge in [0.05, 0.1) is 32.9 Å². The minimum Gasteiger partial charge on any atom is -0.493 e. The summed E-state index contributed by atoms with van der Waals surface area (Å²) in [6.45, 7) is 0.595. The van der Waals surface area contributed by atoms with Crippen LogP contribution in [-0.4, -0.2) is 51.6 Å². The summed E-state index contributed by atoms with van der Waals surface area (Å²) in [4.78, 5) is 28.7. The SMILES string of the molecule is COc1cc(N2CC(C(=O)N(C)Cc3ccc(F)cc3)CC2=O)cc(OC)c1OC. The molecule has 0 N–H and O–H groups in total. The molecule has 1 aliphatic heterocycles. The van der Waals surface area contributed by atoms with Crippen LogP contribution in [0.5, 0.6) is 17.2 Å². The van der Waals surface area contributed by atoms with Crippen molar-refractivity contribution in [3.8, 4) is 17.2 Å². The number of rotatable bonds is 7. The van der Waals surface area contributed by atoms with E-state index in [9.17, 15) is 14.0 Å². The number of methoxy groups -OCH3 is 3. The molecule has 7 nitrogen and oxygen atoms in total. The second kappa shape index (κ2) is 9.02. The quantitative estimate of drug-likeness (QED) is 0.694. The minimum absolute atomic E-state index is 0.114. The molecule has 0 saturated carbocycles. The molecule has 1 aliphatic rings. The Bertz CT molecular complexity index is 907. The Balaban J connectivity index is 1.75. The van der Waals surface area contributed by atoms with E-state index in [2.05, 4.69) is 0 Å². The summed E-state index contributed by atoms with van der Waals surface area (Å²) in [5.41, 5.74) is 1.39. The molecule has 2 amide bonds. The van der Waals surface area contributed by atoms with Crippen molar-refractivity contribution in [3.05, 3.63) is 47.8 Å². The normalized spacial score (nSPS) is 15.8. The largest absolute Gasteiger partial charge is 0.493 e. The lowest BCUT2D eigenvalue weighted by atomic mass is 10.1. The van der Waals surface area contributed by atoms with Crippen LogP contribution >= 0.6 is 0 Å². The second-order valence-electron chi connectivity index (χ2n) is 7.11. The van der Waals surface area contributed by atoms with Crippen molar-refractivity contribution in [2.75, 3.05) is 39.8 Å². The van der Waals surface area contributed by atoms with E-state index in [4.69, 9.17) is 14.2 Å². The molecule has 1 fully saturated rings. The van der Waals surface area contributed by atoms with Gasteiger partial charge in [-0.05, 0) is 17.7 Å². The summed E-state index contributed by atoms with van der Waals surface area (Å²) in [7, 11) is 6.19. The Morgan fingerprint density at radius 1 is 1.10 bits per heavy atom. The average molecular weight is 416 g/mol. The number of ether oxygens (including phenoxy) is 3. The molecule has 160 valence electrons. The van der Waals surface area contributed by atoms with Gasteiger partial charge in [0.15, 0.2) is 11.5 Å². The Hall–Kier alpha value is -3.29. The predicted molar refractivity (Wildman–Crippen MR) is 109 cm³/mol. The highest BCUT2D eigenvalue weighted by Crippen LogP contribution is 2.42. The fourth-order valence-corrected chi connectivity index (χ4v) is 3.60. The molecule has 1 atom stereocenters. The molecule has 30 heavy (non-hydrogen) atoms. The first-order valence-electron chi connectivity index (χ1n) is 9.47. The number of amides is 2. The van der Waals surface area contributed by atoms with Crippen molar-refractivity contribution in [2.24, 2.45) is 5.92 Å². The van der Waals surface area contributed by atoms with Gasteiger partial charge in [-0.3, -0.25) is 9.59 Å². The standard InChI is InChI=1S/C22H25FN2O5/c1-24(12-14-5-7-16(23)8-6-14)22(27)15-9-20(26)25(13-15)17-10-18(28-2)21(30-4)19(11-17)29-3/h5-8,10-11,15H,9,12-13H2,1-4H3. The molecule has 0 aromatic heterocycles. The Labute approximate surface area is 174 Å². The number of hydrogen-bond acceptors (Lipinski definition) is 5. The number of nitrogens with zero attached hydrogens (tertiary/aromatic N) is 2. The third-order valence-corrected chi connectivity index (χ3v) is 5.14. The first-order chi connectivity index (χ1) is 14.4. The van der Waals surface area contributed by atoms with Crippen LogP contribution in [-0.2, 0) is 16.1 Å². The van der Waals surface area contributed by atoms with Crippen molar-refractivity contribution >= 4 is 17.5 Å². The summed E-state index contributed by atoms with van der Waals surface area (Å²) in [6, 6.07) is 9.38. The van der Waals surface area contributed by atoms with Gasteiger partial charge in [-0.25, -0.2) is 4.39 Å². The number of carbonyl (C=O) groups is 2. The summed E-state index contributed by atoms with van der Waals surface area (Å²) in [6.07, 6.45) is 0.114. The fourth-order valence-electron chi connectivity index (χ4n) is 3.60. The van der Waals surface area contributed by atoms with E-state index in [1.807, 2.05) is 0 Å². The predicted octanol–water partition coefficient (Wildman–Crippen LogP) is 2.86. The maximum absolute atomic E-state index is 13.1. The molecule has 1 unspecified atom stereocenters. The van der Waals surface area contributed by atoms with Gasteiger partial charge >= 0.3 is 0 Å². The van der Waals surface area contributed by atoms with Crippen LogP contribution in [0.25, 0.3) is 0 Å². The van der Waals surface area contributed by atoms with E-state index in [1.165, 1.54) is 33.5 Å². The molecule has 0 bridgehead atoms. The summed E-state index contributed by atoms with van der Waals surface area (Å²) in [5.74, 6) is 0.213. The van der Waals surface area contributed by atoms with Crippen molar-refractivity contribution in [2.45, 2.75) is 13.0 Å². The molecule has 1 heterocycles. The van der Waals surface area contributed by atoms with Crippen LogP contribution in [0.2, 0.25) is 0 Å². The molecule has 0 aliphatic carbocycles. The van der Waals surface area contributed by atoms with Crippen LogP contribution < -0.4 is 19.1 Å². The van der Waals surface area contributed by atoms with E-state index in [0.29, 0.717) is 29.5 Å². The summed E-state index contributed by atoms with van der Waals surface area (Å²) >= 11 is 0. The Kier molecular flexibility index (Phi) is 6.44. The maximum Gasteiger partial charge on any atom is 0.228 e. The van der Waals surface area contributed by atoms with Gasteiger partial charge in [0.2, 0.25) is 17.6 Å². The molecule has 0 radical (unpaired) electrons. The molecule has 2 aromatic rings. The molecular weight excluding hydrogens is 391 g/mol. The van der Waals surface area contributed by atoms with E-state index in [-0.39, 0.29) is 30.6 Å². The van der Waals surface area contributed by atoms with Crippen LogP contribution in [0, 0.1) is 11.7 Å². The van der Waals surface area contributed by atoms with Crippen LogP contribution in [0.1, 0.15) is 12.0 Å². The highest BCUT2D eigenvalue weighted by molar-refractivity contribution is 6.00. The number of benzene rings is 2. The second-order valence-corrected chi connectivity index (χ2v) is 7.11. The topological polar surface area (TPSA) is 68.3 Å². The molecular formula is C22H25FN2O5. The fraction of sp³-hybridized carbons (Fsp3) is 0.364. The molecule has 0 spiro atoms. The Morgan fingerprint density at radius 2 is 1.70 bits per heavy atom. The van der Waals surface area contributed by atoms with E-state index >= 15 is 0 Å². The molecule has 1 saturated heterocycles. The lowest BCUT2D eigenvalue weighted by Gasteiger charge is -2.22.